The van der Waals surface area contributed by atoms with Crippen LogP contribution in [0.1, 0.15) is 19.6 Å². The first-order chi connectivity index (χ1) is 12.5. The maximum atomic E-state index is 14.3. The maximum absolute atomic E-state index is 14.3. The number of aliphatic hydroxyl groups excluding tert-OH is 2. The highest BCUT2D eigenvalue weighted by Gasteiger charge is 2.49. The van der Waals surface area contributed by atoms with Crippen LogP contribution in [0.3, 0.4) is 0 Å². The number of aromatic nitrogens is 4. The molecule has 0 radical (unpaired) electrons. The average molecular weight is 395 g/mol. The number of hydrogen-bond donors (Lipinski definition) is 3. The van der Waals surface area contributed by atoms with E-state index in [4.69, 9.17) is 10.5 Å². The molecule has 3 heterocycles. The summed E-state index contributed by atoms with van der Waals surface area (Å²) >= 11 is 0. The Morgan fingerprint density at radius 2 is 2.11 bits per heavy atom. The minimum absolute atomic E-state index is 0.102. The quantitative estimate of drug-likeness (QED) is 0.627. The molecule has 2 aromatic heterocycles. The highest BCUT2D eigenvalue weighted by molar-refractivity contribution is 5.72. The highest BCUT2D eigenvalue weighted by atomic mass is 19.4. The number of ether oxygens (including phenoxy) is 1. The van der Waals surface area contributed by atoms with E-state index in [-0.39, 0.29) is 23.5 Å². The first kappa shape index (κ1) is 19.5. The Balaban J connectivity index is 2.16. The van der Waals surface area contributed by atoms with Crippen molar-refractivity contribution >= 4 is 17.1 Å². The monoisotopic (exact) mass is 395 g/mol. The smallest absolute Gasteiger partial charge is 0.390 e. The summed E-state index contributed by atoms with van der Waals surface area (Å²) in [6.45, 7) is -0.0960. The predicted molar refractivity (Wildman–Crippen MR) is 83.4 cm³/mol. The van der Waals surface area contributed by atoms with Gasteiger partial charge in [-0.05, 0) is 6.42 Å². The number of nitrogens with two attached hydrogens (primary N) is 1. The molecule has 1 aliphatic rings. The van der Waals surface area contributed by atoms with Crippen LogP contribution in [0, 0.1) is 0 Å². The number of nitrogens with zero attached hydrogens (tertiary/aromatic N) is 4. The maximum Gasteiger partial charge on any atom is 0.406 e. The van der Waals surface area contributed by atoms with Crippen molar-refractivity contribution in [2.24, 2.45) is 0 Å². The number of aliphatic hydroxyl groups is 2. The van der Waals surface area contributed by atoms with E-state index in [1.807, 2.05) is 0 Å². The first-order valence-corrected chi connectivity index (χ1v) is 8.00. The standard InChI is InChI=1S/C14H17F4N5O4/c1-2-6(24)9-7(15)8(25)11(27-9)23-10-5(3-20-12(19)21-10)22(13(23)26)4-14(16,17)18/h3,6-9,11,24-25H,2,4H2,1H3,(H2,19,20,21)/t6?,7-,8-,9-,11-/m1/s1. The number of imidazole rings is 1. The van der Waals surface area contributed by atoms with Crippen molar-refractivity contribution in [2.75, 3.05) is 5.73 Å². The second kappa shape index (κ2) is 6.73. The van der Waals surface area contributed by atoms with Crippen molar-refractivity contribution in [1.82, 2.24) is 19.1 Å². The van der Waals surface area contributed by atoms with E-state index < -0.39 is 49.1 Å². The minimum atomic E-state index is -4.73. The van der Waals surface area contributed by atoms with E-state index in [2.05, 4.69) is 9.97 Å². The predicted octanol–water partition coefficient (Wildman–Crippen LogP) is 0.105. The van der Waals surface area contributed by atoms with E-state index in [0.29, 0.717) is 9.13 Å². The summed E-state index contributed by atoms with van der Waals surface area (Å²) in [5.41, 5.74) is 3.56. The Labute approximate surface area is 149 Å². The summed E-state index contributed by atoms with van der Waals surface area (Å²) < 4.78 is 59.1. The van der Waals surface area contributed by atoms with Gasteiger partial charge in [0.1, 0.15) is 24.3 Å². The second-order valence-corrected chi connectivity index (χ2v) is 6.19. The molecule has 9 nitrogen and oxygen atoms in total. The third kappa shape index (κ3) is 3.37. The Bertz CT molecular complexity index is 898. The zero-order valence-electron chi connectivity index (χ0n) is 14.0. The number of alkyl halides is 4. The lowest BCUT2D eigenvalue weighted by atomic mass is 10.1. The molecule has 5 atom stereocenters. The average Bonchev–Trinajstić information content (AvgIpc) is 3.01. The molecular formula is C14H17F4N5O4. The van der Waals surface area contributed by atoms with Crippen molar-refractivity contribution in [3.63, 3.8) is 0 Å². The second-order valence-electron chi connectivity index (χ2n) is 6.19. The number of rotatable bonds is 4. The Morgan fingerprint density at radius 3 is 2.70 bits per heavy atom. The molecule has 0 amide bonds. The molecule has 0 saturated carbocycles. The van der Waals surface area contributed by atoms with Crippen LogP contribution in [0.4, 0.5) is 23.5 Å². The molecular weight excluding hydrogens is 378 g/mol. The van der Waals surface area contributed by atoms with Crippen LogP contribution in [0.5, 0.6) is 0 Å². The van der Waals surface area contributed by atoms with Crippen LogP contribution < -0.4 is 11.4 Å². The van der Waals surface area contributed by atoms with Crippen molar-refractivity contribution in [2.45, 2.75) is 56.8 Å². The number of fused-ring (bicyclic) bond motifs is 1. The molecule has 0 aromatic carbocycles. The van der Waals surface area contributed by atoms with Crippen LogP contribution in [0.15, 0.2) is 11.0 Å². The fraction of sp³-hybridized carbons (Fsp3) is 0.643. The van der Waals surface area contributed by atoms with E-state index in [1.165, 1.54) is 0 Å². The molecule has 1 unspecified atom stereocenters. The number of hydrogen-bond acceptors (Lipinski definition) is 7. The Morgan fingerprint density at radius 1 is 1.44 bits per heavy atom. The summed E-state index contributed by atoms with van der Waals surface area (Å²) in [5, 5.41) is 20.0. The topological polar surface area (TPSA) is 128 Å². The zero-order chi connectivity index (χ0) is 20.1. The zero-order valence-corrected chi connectivity index (χ0v) is 14.0. The van der Waals surface area contributed by atoms with Gasteiger partial charge in [0, 0.05) is 0 Å². The molecule has 150 valence electrons. The molecule has 0 aliphatic carbocycles. The van der Waals surface area contributed by atoms with Gasteiger partial charge in [0.05, 0.1) is 12.3 Å². The van der Waals surface area contributed by atoms with Crippen LogP contribution in [0.2, 0.25) is 0 Å². The molecule has 27 heavy (non-hydrogen) atoms. The van der Waals surface area contributed by atoms with Gasteiger partial charge in [-0.1, -0.05) is 6.92 Å². The molecule has 1 aliphatic heterocycles. The molecule has 3 rings (SSSR count). The van der Waals surface area contributed by atoms with Crippen LogP contribution in [0.25, 0.3) is 11.2 Å². The molecule has 0 bridgehead atoms. The van der Waals surface area contributed by atoms with Gasteiger partial charge < -0.3 is 20.7 Å². The summed E-state index contributed by atoms with van der Waals surface area (Å²) in [4.78, 5) is 19.9. The van der Waals surface area contributed by atoms with Gasteiger partial charge in [0.25, 0.3) is 0 Å². The third-order valence-electron chi connectivity index (χ3n) is 4.34. The van der Waals surface area contributed by atoms with Gasteiger partial charge in [-0.2, -0.15) is 18.2 Å². The van der Waals surface area contributed by atoms with Crippen molar-refractivity contribution in [3.8, 4) is 0 Å². The largest absolute Gasteiger partial charge is 0.406 e. The first-order valence-electron chi connectivity index (χ1n) is 8.00. The SMILES string of the molecule is CCC(O)[C@H]1O[C@@H](n2c(=O)n(CC(F)(F)F)c3cnc(N)nc32)[C@H](O)[C@H]1F. The lowest BCUT2D eigenvalue weighted by Gasteiger charge is -2.18. The summed E-state index contributed by atoms with van der Waals surface area (Å²) in [5.74, 6) is -0.338. The third-order valence-corrected chi connectivity index (χ3v) is 4.34. The lowest BCUT2D eigenvalue weighted by molar-refractivity contribution is -0.140. The van der Waals surface area contributed by atoms with E-state index in [0.717, 1.165) is 6.20 Å². The van der Waals surface area contributed by atoms with Gasteiger partial charge in [0.2, 0.25) is 5.95 Å². The molecule has 4 N–H and O–H groups in total. The van der Waals surface area contributed by atoms with Gasteiger partial charge in [0.15, 0.2) is 18.0 Å². The molecule has 1 fully saturated rings. The molecule has 1 saturated heterocycles. The van der Waals surface area contributed by atoms with Crippen molar-refractivity contribution < 1.29 is 32.5 Å². The van der Waals surface area contributed by atoms with Crippen LogP contribution in [-0.2, 0) is 11.3 Å². The summed E-state index contributed by atoms with van der Waals surface area (Å²) in [6.07, 6.45) is -12.1. The lowest BCUT2D eigenvalue weighted by Crippen LogP contribution is -2.36. The van der Waals surface area contributed by atoms with Gasteiger partial charge in [-0.25, -0.2) is 18.7 Å². The van der Waals surface area contributed by atoms with Gasteiger partial charge in [-0.15, -0.1) is 0 Å². The highest BCUT2D eigenvalue weighted by Crippen LogP contribution is 2.35. The fourth-order valence-corrected chi connectivity index (χ4v) is 3.05. The number of anilines is 1. The Kier molecular flexibility index (Phi) is 4.86. The van der Waals surface area contributed by atoms with Gasteiger partial charge >= 0.3 is 11.9 Å². The summed E-state index contributed by atoms with van der Waals surface area (Å²) in [6, 6.07) is 0. The summed E-state index contributed by atoms with van der Waals surface area (Å²) in [7, 11) is 0. The van der Waals surface area contributed by atoms with Crippen molar-refractivity contribution in [3.05, 3.63) is 16.7 Å². The van der Waals surface area contributed by atoms with E-state index >= 15 is 0 Å². The van der Waals surface area contributed by atoms with E-state index in [9.17, 15) is 32.6 Å². The number of nitrogen functional groups attached to an aromatic ring is 1. The van der Waals surface area contributed by atoms with Crippen molar-refractivity contribution in [1.29, 1.82) is 0 Å². The fourth-order valence-electron chi connectivity index (χ4n) is 3.05. The molecule has 13 heteroatoms. The molecule has 2 aromatic rings. The Hall–Kier alpha value is -2.25. The van der Waals surface area contributed by atoms with Crippen LogP contribution >= 0.6 is 0 Å². The van der Waals surface area contributed by atoms with E-state index in [1.54, 1.807) is 6.92 Å². The minimum Gasteiger partial charge on any atom is -0.390 e. The van der Waals surface area contributed by atoms with Gasteiger partial charge in [-0.3, -0.25) is 4.57 Å². The van der Waals surface area contributed by atoms with Crippen LogP contribution in [-0.4, -0.2) is 60.0 Å². The normalized spacial score (nSPS) is 27.4. The molecule has 0 spiro atoms. The number of halogens is 4.